The van der Waals surface area contributed by atoms with Crippen LogP contribution in [0.5, 0.6) is 0 Å². The minimum absolute atomic E-state index is 0.0606. The molecule has 0 aliphatic heterocycles. The van der Waals surface area contributed by atoms with E-state index in [0.717, 1.165) is 12.1 Å². The molecule has 2 N–H and O–H groups in total. The monoisotopic (exact) mass is 322 g/mol. The molecule has 0 saturated carbocycles. The van der Waals surface area contributed by atoms with Gasteiger partial charge in [-0.05, 0) is 36.7 Å². The van der Waals surface area contributed by atoms with Crippen molar-refractivity contribution in [3.05, 3.63) is 65.5 Å². The molecule has 122 valence electrons. The second kappa shape index (κ2) is 8.33. The van der Waals surface area contributed by atoms with E-state index in [4.69, 9.17) is 0 Å². The van der Waals surface area contributed by atoms with Gasteiger partial charge in [-0.3, -0.25) is 4.79 Å². The van der Waals surface area contributed by atoms with Crippen molar-refractivity contribution in [2.45, 2.75) is 12.8 Å². The first-order valence-corrected chi connectivity index (χ1v) is 7.26. The molecule has 1 amide bonds. The first kappa shape index (κ1) is 17.0. The lowest BCUT2D eigenvalue weighted by atomic mass is 10.1. The first-order chi connectivity index (χ1) is 11.1. The van der Waals surface area contributed by atoms with Crippen LogP contribution in [0.15, 0.2) is 42.5 Å². The van der Waals surface area contributed by atoms with Crippen molar-refractivity contribution in [2.75, 3.05) is 18.4 Å². The maximum atomic E-state index is 13.4. The van der Waals surface area contributed by atoms with Gasteiger partial charge in [0.15, 0.2) is 0 Å². The number of carbonyl (C=O) groups is 1. The number of carbonyl (C=O) groups excluding carboxylic acids is 1. The van der Waals surface area contributed by atoms with E-state index in [1.807, 2.05) is 0 Å². The topological polar surface area (TPSA) is 41.1 Å². The van der Waals surface area contributed by atoms with Gasteiger partial charge in [0, 0.05) is 13.0 Å². The molecule has 3 nitrogen and oxygen atoms in total. The van der Waals surface area contributed by atoms with E-state index in [2.05, 4.69) is 10.6 Å². The summed E-state index contributed by atoms with van der Waals surface area (Å²) in [6.07, 6.45) is 0.557. The zero-order chi connectivity index (χ0) is 16.7. The quantitative estimate of drug-likeness (QED) is 0.768. The van der Waals surface area contributed by atoms with Crippen molar-refractivity contribution in [1.82, 2.24) is 5.32 Å². The molecule has 2 aromatic carbocycles. The Kier molecular flexibility index (Phi) is 6.17. The maximum absolute atomic E-state index is 13.4. The predicted molar refractivity (Wildman–Crippen MR) is 82.6 cm³/mol. The van der Waals surface area contributed by atoms with E-state index >= 15 is 0 Å². The zero-order valence-corrected chi connectivity index (χ0v) is 12.4. The number of halogens is 3. The van der Waals surface area contributed by atoms with E-state index in [-0.39, 0.29) is 12.2 Å². The average molecular weight is 322 g/mol. The van der Waals surface area contributed by atoms with E-state index in [9.17, 15) is 18.0 Å². The number of anilines is 1. The molecule has 2 aromatic rings. The van der Waals surface area contributed by atoms with Gasteiger partial charge in [0.25, 0.3) is 0 Å². The molecule has 0 radical (unpaired) electrons. The highest BCUT2D eigenvalue weighted by atomic mass is 19.1. The first-order valence-electron chi connectivity index (χ1n) is 7.26. The molecule has 23 heavy (non-hydrogen) atoms. The summed E-state index contributed by atoms with van der Waals surface area (Å²) in [5.41, 5.74) is 0.154. The molecule has 0 spiro atoms. The Bertz CT molecular complexity index is 656. The molecule has 0 fully saturated rings. The van der Waals surface area contributed by atoms with Crippen LogP contribution in [0.1, 0.15) is 12.0 Å². The van der Waals surface area contributed by atoms with Gasteiger partial charge >= 0.3 is 0 Å². The highest BCUT2D eigenvalue weighted by Gasteiger charge is 2.11. The van der Waals surface area contributed by atoms with Gasteiger partial charge in [-0.1, -0.05) is 24.3 Å². The Morgan fingerprint density at radius 2 is 1.52 bits per heavy atom. The van der Waals surface area contributed by atoms with Gasteiger partial charge in [0.2, 0.25) is 5.91 Å². The fraction of sp³-hybridized carbons (Fsp3) is 0.235. The van der Waals surface area contributed by atoms with Crippen molar-refractivity contribution >= 4 is 11.6 Å². The third-order valence-electron chi connectivity index (χ3n) is 3.28. The second-order valence-corrected chi connectivity index (χ2v) is 4.99. The number of nitrogens with one attached hydrogen (secondary N) is 2. The minimum atomic E-state index is -0.814. The Morgan fingerprint density at radius 3 is 2.22 bits per heavy atom. The third-order valence-corrected chi connectivity index (χ3v) is 3.28. The largest absolute Gasteiger partial charge is 0.321 e. The number of amides is 1. The highest BCUT2D eigenvalue weighted by Crippen LogP contribution is 2.17. The standard InChI is InChI=1S/C17H17F3N2O/c18-13-5-2-1-4-12(13)8-10-21-11-9-16(23)22-17-14(19)6-3-7-15(17)20/h1-7,21H,8-11H2,(H,22,23). The summed E-state index contributed by atoms with van der Waals surface area (Å²) >= 11 is 0. The summed E-state index contributed by atoms with van der Waals surface area (Å²) in [6.45, 7) is 0.832. The van der Waals surface area contributed by atoms with E-state index in [1.165, 1.54) is 12.1 Å². The SMILES string of the molecule is O=C(CCNCCc1ccccc1F)Nc1c(F)cccc1F. The minimum Gasteiger partial charge on any atom is -0.321 e. The molecule has 0 atom stereocenters. The number of hydrogen-bond donors (Lipinski definition) is 2. The molecule has 0 aliphatic carbocycles. The van der Waals surface area contributed by atoms with Crippen LogP contribution in [0.3, 0.4) is 0 Å². The Labute approximate surface area is 132 Å². The van der Waals surface area contributed by atoms with Crippen LogP contribution >= 0.6 is 0 Å². The lowest BCUT2D eigenvalue weighted by Gasteiger charge is -2.08. The summed E-state index contributed by atoms with van der Waals surface area (Å²) < 4.78 is 40.1. The summed E-state index contributed by atoms with van der Waals surface area (Å²) in [4.78, 5) is 11.7. The van der Waals surface area contributed by atoms with Crippen LogP contribution in [0, 0.1) is 17.5 Å². The third kappa shape index (κ3) is 5.10. The van der Waals surface area contributed by atoms with Crippen LogP contribution in [0.4, 0.5) is 18.9 Å². The van der Waals surface area contributed by atoms with Crippen molar-refractivity contribution in [3.8, 4) is 0 Å². The Morgan fingerprint density at radius 1 is 0.870 bits per heavy atom. The van der Waals surface area contributed by atoms with Gasteiger partial charge < -0.3 is 10.6 Å². The number of hydrogen-bond acceptors (Lipinski definition) is 2. The van der Waals surface area contributed by atoms with E-state index < -0.39 is 23.2 Å². The smallest absolute Gasteiger partial charge is 0.225 e. The normalized spacial score (nSPS) is 10.6. The molecule has 0 aliphatic rings. The fourth-order valence-corrected chi connectivity index (χ4v) is 2.07. The van der Waals surface area contributed by atoms with Crippen LogP contribution in [-0.2, 0) is 11.2 Å². The van der Waals surface area contributed by atoms with Gasteiger partial charge in [0.05, 0.1) is 0 Å². The average Bonchev–Trinajstić information content (AvgIpc) is 2.52. The molecule has 0 unspecified atom stereocenters. The number of rotatable bonds is 7. The van der Waals surface area contributed by atoms with Crippen molar-refractivity contribution in [2.24, 2.45) is 0 Å². The van der Waals surface area contributed by atoms with E-state index in [0.29, 0.717) is 25.1 Å². The second-order valence-electron chi connectivity index (χ2n) is 4.99. The highest BCUT2D eigenvalue weighted by molar-refractivity contribution is 5.91. The van der Waals surface area contributed by atoms with Crippen molar-refractivity contribution in [1.29, 1.82) is 0 Å². The molecular formula is C17H17F3N2O. The molecule has 0 bridgehead atoms. The summed E-state index contributed by atoms with van der Waals surface area (Å²) in [5, 5.41) is 5.20. The Balaban J connectivity index is 1.70. The summed E-state index contributed by atoms with van der Waals surface area (Å²) in [5.74, 6) is -2.38. The molecular weight excluding hydrogens is 305 g/mol. The van der Waals surface area contributed by atoms with Gasteiger partial charge in [-0.2, -0.15) is 0 Å². The lowest BCUT2D eigenvalue weighted by Crippen LogP contribution is -2.24. The molecule has 0 aromatic heterocycles. The maximum Gasteiger partial charge on any atom is 0.225 e. The summed E-state index contributed by atoms with van der Waals surface area (Å²) in [7, 11) is 0. The van der Waals surface area contributed by atoms with Crippen LogP contribution in [0.25, 0.3) is 0 Å². The molecule has 2 rings (SSSR count). The van der Waals surface area contributed by atoms with Gasteiger partial charge in [-0.25, -0.2) is 13.2 Å². The fourth-order valence-electron chi connectivity index (χ4n) is 2.07. The van der Waals surface area contributed by atoms with Crippen LogP contribution in [-0.4, -0.2) is 19.0 Å². The van der Waals surface area contributed by atoms with Crippen molar-refractivity contribution in [3.63, 3.8) is 0 Å². The van der Waals surface area contributed by atoms with Crippen LogP contribution in [0.2, 0.25) is 0 Å². The predicted octanol–water partition coefficient (Wildman–Crippen LogP) is 3.26. The molecule has 0 saturated heterocycles. The number of benzene rings is 2. The molecule has 0 heterocycles. The summed E-state index contributed by atoms with van der Waals surface area (Å²) in [6, 6.07) is 9.85. The van der Waals surface area contributed by atoms with Gasteiger partial charge in [-0.15, -0.1) is 0 Å². The molecule has 6 heteroatoms. The van der Waals surface area contributed by atoms with Crippen molar-refractivity contribution < 1.29 is 18.0 Å². The Hall–Kier alpha value is -2.34. The van der Waals surface area contributed by atoms with Gasteiger partial charge in [0.1, 0.15) is 23.1 Å². The zero-order valence-electron chi connectivity index (χ0n) is 12.4. The lowest BCUT2D eigenvalue weighted by molar-refractivity contribution is -0.116. The van der Waals surface area contributed by atoms with Crippen LogP contribution < -0.4 is 10.6 Å². The van der Waals surface area contributed by atoms with E-state index in [1.54, 1.807) is 18.2 Å². The number of para-hydroxylation sites is 1.